The maximum atomic E-state index is 12.4. The topological polar surface area (TPSA) is 72.7 Å². The van der Waals surface area contributed by atoms with Crippen molar-refractivity contribution in [1.29, 1.82) is 0 Å². The number of methoxy groups -OCH3 is 1. The molecule has 1 amide bonds. The summed E-state index contributed by atoms with van der Waals surface area (Å²) < 4.78 is 4.97. The van der Waals surface area contributed by atoms with Gasteiger partial charge >= 0.3 is 5.69 Å². The van der Waals surface area contributed by atoms with Gasteiger partial charge < -0.3 is 9.64 Å². The molecule has 6 nitrogen and oxygen atoms in total. The predicted octanol–water partition coefficient (Wildman–Crippen LogP) is 2.45. The molecule has 0 bridgehead atoms. The van der Waals surface area contributed by atoms with E-state index in [-0.39, 0.29) is 23.4 Å². The highest BCUT2D eigenvalue weighted by Gasteiger charge is 2.29. The lowest BCUT2D eigenvalue weighted by Gasteiger charge is -2.23. The minimum absolute atomic E-state index is 0.0327. The molecule has 0 aromatic heterocycles. The van der Waals surface area contributed by atoms with Gasteiger partial charge in [0.15, 0.2) is 5.75 Å². The number of rotatable bonds is 4. The molecule has 1 saturated heterocycles. The third-order valence-electron chi connectivity index (χ3n) is 3.44. The summed E-state index contributed by atoms with van der Waals surface area (Å²) in [5, 5.41) is 10.8. The number of nitrogens with zero attached hydrogens (tertiary/aromatic N) is 2. The van der Waals surface area contributed by atoms with Gasteiger partial charge in [0.1, 0.15) is 0 Å². The van der Waals surface area contributed by atoms with Gasteiger partial charge in [-0.2, -0.15) is 0 Å². The summed E-state index contributed by atoms with van der Waals surface area (Å²) in [6, 6.07) is 4.18. The lowest BCUT2D eigenvalue weighted by Crippen LogP contribution is -2.36. The second kappa shape index (κ2) is 6.09. The van der Waals surface area contributed by atoms with E-state index >= 15 is 0 Å². The number of hydrogen-bond acceptors (Lipinski definition) is 4. The summed E-state index contributed by atoms with van der Waals surface area (Å²) >= 11 is 5.85. The summed E-state index contributed by atoms with van der Waals surface area (Å²) in [7, 11) is 1.34. The second-order valence-electron chi connectivity index (χ2n) is 4.59. The van der Waals surface area contributed by atoms with Crippen LogP contribution in [0.15, 0.2) is 18.2 Å². The first-order chi connectivity index (χ1) is 9.58. The van der Waals surface area contributed by atoms with Gasteiger partial charge in [-0.1, -0.05) is 0 Å². The lowest BCUT2D eigenvalue weighted by atomic mass is 10.1. The predicted molar refractivity (Wildman–Crippen MR) is 74.4 cm³/mol. The van der Waals surface area contributed by atoms with Crippen molar-refractivity contribution in [2.75, 3.05) is 19.5 Å². The summed E-state index contributed by atoms with van der Waals surface area (Å²) in [6.45, 7) is 0.662. The van der Waals surface area contributed by atoms with E-state index in [4.69, 9.17) is 16.3 Å². The zero-order valence-corrected chi connectivity index (χ0v) is 11.8. The number of amides is 1. The maximum Gasteiger partial charge on any atom is 0.310 e. The van der Waals surface area contributed by atoms with Crippen LogP contribution in [0.4, 0.5) is 5.69 Å². The van der Waals surface area contributed by atoms with Gasteiger partial charge in [-0.3, -0.25) is 14.9 Å². The molecular weight excluding hydrogens is 284 g/mol. The van der Waals surface area contributed by atoms with Crippen LogP contribution in [0.2, 0.25) is 0 Å². The molecule has 1 atom stereocenters. The molecule has 1 fully saturated rings. The molecule has 20 heavy (non-hydrogen) atoms. The first kappa shape index (κ1) is 14.6. The summed E-state index contributed by atoms with van der Waals surface area (Å²) in [5.74, 6) is 0.319. The average molecular weight is 299 g/mol. The average Bonchev–Trinajstić information content (AvgIpc) is 2.93. The van der Waals surface area contributed by atoms with Crippen LogP contribution in [-0.2, 0) is 0 Å². The van der Waals surface area contributed by atoms with Crippen LogP contribution in [0.1, 0.15) is 23.2 Å². The van der Waals surface area contributed by atoms with E-state index in [0.717, 1.165) is 12.8 Å². The monoisotopic (exact) mass is 298 g/mol. The Balaban J connectivity index is 2.29. The number of carbonyl (C=O) groups is 1. The van der Waals surface area contributed by atoms with E-state index in [0.29, 0.717) is 18.0 Å². The summed E-state index contributed by atoms with van der Waals surface area (Å²) in [5.41, 5.74) is 0.226. The van der Waals surface area contributed by atoms with Gasteiger partial charge in [-0.05, 0) is 18.9 Å². The van der Waals surface area contributed by atoms with Gasteiger partial charge in [-0.15, -0.1) is 11.6 Å². The van der Waals surface area contributed by atoms with Crippen molar-refractivity contribution in [2.24, 2.45) is 0 Å². The molecule has 1 aliphatic rings. The fourth-order valence-electron chi connectivity index (χ4n) is 2.39. The van der Waals surface area contributed by atoms with Crippen LogP contribution in [0, 0.1) is 10.1 Å². The molecule has 0 radical (unpaired) electrons. The minimum Gasteiger partial charge on any atom is -0.490 e. The number of ether oxygens (including phenoxy) is 1. The van der Waals surface area contributed by atoms with Crippen molar-refractivity contribution in [2.45, 2.75) is 18.9 Å². The molecule has 0 spiro atoms. The fraction of sp³-hybridized carbons (Fsp3) is 0.462. The quantitative estimate of drug-likeness (QED) is 0.486. The zero-order valence-electron chi connectivity index (χ0n) is 11.0. The smallest absolute Gasteiger partial charge is 0.310 e. The van der Waals surface area contributed by atoms with E-state index in [1.165, 1.54) is 25.3 Å². The van der Waals surface area contributed by atoms with Crippen LogP contribution in [0.5, 0.6) is 5.75 Å². The SMILES string of the molecule is COc1cc(C(=O)N2CCCC2CCl)ccc1[N+](=O)[O-]. The number of hydrogen-bond donors (Lipinski definition) is 0. The minimum atomic E-state index is -0.537. The molecule has 1 aromatic carbocycles. The molecule has 0 aliphatic carbocycles. The van der Waals surface area contributed by atoms with E-state index < -0.39 is 4.92 Å². The lowest BCUT2D eigenvalue weighted by molar-refractivity contribution is -0.385. The highest BCUT2D eigenvalue weighted by Crippen LogP contribution is 2.29. The normalized spacial score (nSPS) is 18.1. The van der Waals surface area contributed by atoms with Crippen LogP contribution < -0.4 is 4.74 Å². The number of nitro groups is 1. The molecule has 108 valence electrons. The number of nitro benzene ring substituents is 1. The van der Waals surface area contributed by atoms with Gasteiger partial charge in [-0.25, -0.2) is 0 Å². The van der Waals surface area contributed by atoms with Crippen LogP contribution in [0.3, 0.4) is 0 Å². The first-order valence-electron chi connectivity index (χ1n) is 6.28. The molecule has 1 aromatic rings. The van der Waals surface area contributed by atoms with Crippen LogP contribution in [-0.4, -0.2) is 41.3 Å². The van der Waals surface area contributed by atoms with Gasteiger partial charge in [0.25, 0.3) is 5.91 Å². The molecular formula is C13H15ClN2O4. The Kier molecular flexibility index (Phi) is 4.44. The number of likely N-dealkylation sites (tertiary alicyclic amines) is 1. The molecule has 1 unspecified atom stereocenters. The van der Waals surface area contributed by atoms with Crippen molar-refractivity contribution < 1.29 is 14.5 Å². The molecule has 2 rings (SSSR count). The third kappa shape index (κ3) is 2.70. The number of alkyl halides is 1. The molecule has 7 heteroatoms. The Morgan fingerprint density at radius 1 is 1.60 bits per heavy atom. The Bertz CT molecular complexity index is 535. The van der Waals surface area contributed by atoms with E-state index in [1.54, 1.807) is 4.90 Å². The largest absolute Gasteiger partial charge is 0.490 e. The molecule has 0 N–H and O–H groups in total. The standard InChI is InChI=1S/C13H15ClN2O4/c1-20-12-7-9(4-5-11(12)16(18)19)13(17)15-6-2-3-10(15)8-14/h4-5,7,10H,2-3,6,8H2,1H3. The van der Waals surface area contributed by atoms with E-state index in [9.17, 15) is 14.9 Å². The van der Waals surface area contributed by atoms with Crippen molar-refractivity contribution in [3.05, 3.63) is 33.9 Å². The van der Waals surface area contributed by atoms with Crippen LogP contribution in [0.25, 0.3) is 0 Å². The summed E-state index contributed by atoms with van der Waals surface area (Å²) in [6.07, 6.45) is 1.81. The second-order valence-corrected chi connectivity index (χ2v) is 4.90. The van der Waals surface area contributed by atoms with Gasteiger partial charge in [0.2, 0.25) is 0 Å². The molecule has 1 heterocycles. The van der Waals surface area contributed by atoms with Gasteiger partial charge in [0, 0.05) is 36.2 Å². The van der Waals surface area contributed by atoms with Crippen molar-refractivity contribution in [1.82, 2.24) is 4.90 Å². The number of benzene rings is 1. The molecule has 1 aliphatic heterocycles. The Labute approximate surface area is 121 Å². The Morgan fingerprint density at radius 3 is 2.95 bits per heavy atom. The highest BCUT2D eigenvalue weighted by atomic mass is 35.5. The number of carbonyl (C=O) groups excluding carboxylic acids is 1. The van der Waals surface area contributed by atoms with E-state index in [1.807, 2.05) is 0 Å². The van der Waals surface area contributed by atoms with Crippen molar-refractivity contribution in [3.63, 3.8) is 0 Å². The Hall–Kier alpha value is -1.82. The van der Waals surface area contributed by atoms with E-state index in [2.05, 4.69) is 0 Å². The zero-order chi connectivity index (χ0) is 14.7. The summed E-state index contributed by atoms with van der Waals surface area (Å²) in [4.78, 5) is 24.4. The van der Waals surface area contributed by atoms with Gasteiger partial charge in [0.05, 0.1) is 12.0 Å². The number of halogens is 1. The first-order valence-corrected chi connectivity index (χ1v) is 6.81. The maximum absolute atomic E-state index is 12.4. The highest BCUT2D eigenvalue weighted by molar-refractivity contribution is 6.18. The Morgan fingerprint density at radius 2 is 2.35 bits per heavy atom. The van der Waals surface area contributed by atoms with Crippen molar-refractivity contribution in [3.8, 4) is 5.75 Å². The third-order valence-corrected chi connectivity index (χ3v) is 3.80. The van der Waals surface area contributed by atoms with Crippen LogP contribution >= 0.6 is 11.6 Å². The molecule has 0 saturated carbocycles. The van der Waals surface area contributed by atoms with Crippen molar-refractivity contribution >= 4 is 23.2 Å². The fourth-order valence-corrected chi connectivity index (χ4v) is 2.71.